The molecule has 0 saturated heterocycles. The lowest BCUT2D eigenvalue weighted by Gasteiger charge is -2.21. The second-order valence-corrected chi connectivity index (χ2v) is 26.5. The third kappa shape index (κ3) is 55.7. The van der Waals surface area contributed by atoms with Crippen molar-refractivity contribution in [1.29, 1.82) is 0 Å². The highest BCUT2D eigenvalue weighted by molar-refractivity contribution is 7.47. The summed E-state index contributed by atoms with van der Waals surface area (Å²) in [7, 11) is -9.88. The highest BCUT2D eigenvalue weighted by Gasteiger charge is 2.30. The van der Waals surface area contributed by atoms with Gasteiger partial charge in [0.1, 0.15) is 19.3 Å². The first-order chi connectivity index (χ1) is 38.8. The molecule has 6 atom stereocenters. The molecule has 19 heteroatoms. The van der Waals surface area contributed by atoms with E-state index < -0.39 is 97.5 Å². The number of hydrogen-bond donors (Lipinski definition) is 3. The Kier molecular flexibility index (Phi) is 52.2. The van der Waals surface area contributed by atoms with Crippen LogP contribution in [0, 0.1) is 17.8 Å². The SMILES string of the molecule is CCCCCCCC(=O)OC[C@H](COP(=O)(O)OC[C@H](O)COP(=O)(O)OC[C@@H](COC(=O)CCCCCCCCCCC(C)CC)OC(=O)CCCCCCCCCCCCCCC(C)C)OC(=O)CCCCCCCCC(C)C. The van der Waals surface area contributed by atoms with Gasteiger partial charge in [0.15, 0.2) is 12.2 Å². The van der Waals surface area contributed by atoms with Crippen LogP contribution in [0.15, 0.2) is 0 Å². The minimum absolute atomic E-state index is 0.101. The fraction of sp³-hybridized carbons (Fsp3) is 0.935. The van der Waals surface area contributed by atoms with Gasteiger partial charge in [-0.05, 0) is 43.4 Å². The van der Waals surface area contributed by atoms with Gasteiger partial charge in [0.05, 0.1) is 26.4 Å². The Labute approximate surface area is 492 Å². The van der Waals surface area contributed by atoms with E-state index in [-0.39, 0.29) is 25.7 Å². The Bertz CT molecular complexity index is 1620. The van der Waals surface area contributed by atoms with Crippen LogP contribution in [0.2, 0.25) is 0 Å². The van der Waals surface area contributed by atoms with Crippen LogP contribution in [0.25, 0.3) is 0 Å². The largest absolute Gasteiger partial charge is 0.472 e. The monoisotopic (exact) mass is 1200 g/mol. The zero-order valence-corrected chi connectivity index (χ0v) is 54.0. The molecule has 0 rings (SSSR count). The molecule has 0 aromatic rings. The highest BCUT2D eigenvalue weighted by atomic mass is 31.2. The lowest BCUT2D eigenvalue weighted by atomic mass is 9.99. The molecule has 0 aliphatic carbocycles. The van der Waals surface area contributed by atoms with E-state index >= 15 is 0 Å². The average Bonchev–Trinajstić information content (AvgIpc) is 3.42. The molecule has 0 aromatic carbocycles. The van der Waals surface area contributed by atoms with E-state index in [1.54, 1.807) is 0 Å². The number of esters is 4. The molecule has 0 aliphatic heterocycles. The third-order valence-corrected chi connectivity index (χ3v) is 16.4. The molecule has 17 nitrogen and oxygen atoms in total. The lowest BCUT2D eigenvalue weighted by molar-refractivity contribution is -0.161. The van der Waals surface area contributed by atoms with Gasteiger partial charge in [-0.3, -0.25) is 37.3 Å². The molecule has 3 N–H and O–H groups in total. The second-order valence-electron chi connectivity index (χ2n) is 23.6. The topological polar surface area (TPSA) is 237 Å². The molecule has 0 heterocycles. The fourth-order valence-corrected chi connectivity index (χ4v) is 10.7. The first-order valence-corrected chi connectivity index (χ1v) is 35.4. The Morgan fingerprint density at radius 1 is 0.358 bits per heavy atom. The van der Waals surface area contributed by atoms with Crippen LogP contribution in [0.5, 0.6) is 0 Å². The standard InChI is InChI=1S/C62H120O17P2/c1-8-10-11-26-36-43-59(64)72-49-57(79-62(67)46-39-32-25-24-28-34-41-54(5)6)51-76-80(68,69)74-47-56(63)48-75-81(70,71)77-52-58(50-73-60(65)44-37-30-22-19-18-21-29-35-42-55(7)9-2)78-61(66)45-38-31-23-17-15-13-12-14-16-20-27-33-40-53(3)4/h53-58,63H,8-52H2,1-7H3,(H,68,69)(H,70,71)/t55?,56-,57+,58+/m0/s1. The van der Waals surface area contributed by atoms with Crippen molar-refractivity contribution < 1.29 is 80.2 Å². The molecule has 0 aromatic heterocycles. The van der Waals surface area contributed by atoms with E-state index in [0.717, 1.165) is 108 Å². The van der Waals surface area contributed by atoms with E-state index in [2.05, 4.69) is 48.5 Å². The molecule has 0 saturated carbocycles. The number of aliphatic hydroxyl groups excluding tert-OH is 1. The molecule has 0 amide bonds. The Morgan fingerprint density at radius 2 is 0.630 bits per heavy atom. The summed E-state index contributed by atoms with van der Waals surface area (Å²) < 4.78 is 67.7. The Balaban J connectivity index is 5.19. The van der Waals surface area contributed by atoms with Gasteiger partial charge in [-0.1, -0.05) is 248 Å². The number of rotatable bonds is 60. The third-order valence-electron chi connectivity index (χ3n) is 14.5. The van der Waals surface area contributed by atoms with Crippen LogP contribution < -0.4 is 0 Å². The van der Waals surface area contributed by atoms with Crippen molar-refractivity contribution in [2.75, 3.05) is 39.6 Å². The Morgan fingerprint density at radius 3 is 0.938 bits per heavy atom. The van der Waals surface area contributed by atoms with Crippen LogP contribution in [0.4, 0.5) is 0 Å². The van der Waals surface area contributed by atoms with Gasteiger partial charge in [-0.2, -0.15) is 0 Å². The van der Waals surface area contributed by atoms with Gasteiger partial charge < -0.3 is 33.8 Å². The Hall–Kier alpha value is -1.94. The van der Waals surface area contributed by atoms with Crippen LogP contribution in [-0.4, -0.2) is 96.7 Å². The summed E-state index contributed by atoms with van der Waals surface area (Å²) in [5, 5.41) is 10.5. The van der Waals surface area contributed by atoms with Crippen LogP contribution in [-0.2, 0) is 65.4 Å². The summed E-state index contributed by atoms with van der Waals surface area (Å²) in [5.41, 5.74) is 0. The normalized spacial score (nSPS) is 14.8. The number of carbonyl (C=O) groups is 4. The summed E-state index contributed by atoms with van der Waals surface area (Å²) in [5.74, 6) is 0.0711. The maximum Gasteiger partial charge on any atom is 0.472 e. The minimum Gasteiger partial charge on any atom is -0.462 e. The summed E-state index contributed by atoms with van der Waals surface area (Å²) in [6.07, 6.45) is 33.9. The van der Waals surface area contributed by atoms with Crippen LogP contribution in [0.1, 0.15) is 299 Å². The van der Waals surface area contributed by atoms with Crippen molar-refractivity contribution in [3.8, 4) is 0 Å². The minimum atomic E-state index is -4.94. The number of ether oxygens (including phenoxy) is 4. The number of carbonyl (C=O) groups excluding carboxylic acids is 4. The quantitative estimate of drug-likeness (QED) is 0.0222. The smallest absolute Gasteiger partial charge is 0.462 e. The van der Waals surface area contributed by atoms with Crippen LogP contribution >= 0.6 is 15.6 Å². The van der Waals surface area contributed by atoms with Crippen LogP contribution in [0.3, 0.4) is 0 Å². The highest BCUT2D eigenvalue weighted by Crippen LogP contribution is 2.45. The zero-order chi connectivity index (χ0) is 60.3. The van der Waals surface area contributed by atoms with Gasteiger partial charge in [-0.25, -0.2) is 9.13 Å². The molecule has 0 spiro atoms. The molecule has 0 bridgehead atoms. The zero-order valence-electron chi connectivity index (χ0n) is 52.2. The summed E-state index contributed by atoms with van der Waals surface area (Å²) in [4.78, 5) is 71.9. The number of phosphoric ester groups is 2. The average molecular weight is 1200 g/mol. The van der Waals surface area contributed by atoms with Gasteiger partial charge in [0, 0.05) is 25.7 Å². The molecule has 0 aliphatic rings. The molecular weight excluding hydrogens is 1080 g/mol. The number of phosphoric acid groups is 2. The molecule has 3 unspecified atom stereocenters. The summed E-state index contributed by atoms with van der Waals surface area (Å²) in [6.45, 7) is 11.6. The van der Waals surface area contributed by atoms with E-state index in [0.29, 0.717) is 31.6 Å². The van der Waals surface area contributed by atoms with Crippen molar-refractivity contribution in [3.05, 3.63) is 0 Å². The number of aliphatic hydroxyl groups is 1. The van der Waals surface area contributed by atoms with Crippen molar-refractivity contribution in [1.82, 2.24) is 0 Å². The molecule has 480 valence electrons. The van der Waals surface area contributed by atoms with Crippen molar-refractivity contribution >= 4 is 39.5 Å². The maximum atomic E-state index is 13.0. The van der Waals surface area contributed by atoms with E-state index in [1.807, 2.05) is 0 Å². The van der Waals surface area contributed by atoms with E-state index in [4.69, 9.17) is 37.0 Å². The first-order valence-electron chi connectivity index (χ1n) is 32.4. The maximum absolute atomic E-state index is 13.0. The van der Waals surface area contributed by atoms with E-state index in [9.17, 15) is 43.2 Å². The van der Waals surface area contributed by atoms with Crippen molar-refractivity contribution in [2.45, 2.75) is 317 Å². The summed E-state index contributed by atoms with van der Waals surface area (Å²) >= 11 is 0. The van der Waals surface area contributed by atoms with Gasteiger partial charge in [-0.15, -0.1) is 0 Å². The molecule has 0 radical (unpaired) electrons. The van der Waals surface area contributed by atoms with Crippen molar-refractivity contribution in [3.63, 3.8) is 0 Å². The summed E-state index contributed by atoms with van der Waals surface area (Å²) in [6, 6.07) is 0. The van der Waals surface area contributed by atoms with Gasteiger partial charge in [0.2, 0.25) is 0 Å². The second kappa shape index (κ2) is 53.5. The predicted molar refractivity (Wildman–Crippen MR) is 321 cm³/mol. The number of unbranched alkanes of at least 4 members (excludes halogenated alkanes) is 27. The van der Waals surface area contributed by atoms with E-state index in [1.165, 1.54) is 103 Å². The van der Waals surface area contributed by atoms with Gasteiger partial charge >= 0.3 is 39.5 Å². The first kappa shape index (κ1) is 79.1. The number of hydrogen-bond acceptors (Lipinski definition) is 15. The lowest BCUT2D eigenvalue weighted by Crippen LogP contribution is -2.30. The molecule has 81 heavy (non-hydrogen) atoms. The fourth-order valence-electron chi connectivity index (χ4n) is 9.09. The van der Waals surface area contributed by atoms with Gasteiger partial charge in [0.25, 0.3) is 0 Å². The molecule has 0 fully saturated rings. The van der Waals surface area contributed by atoms with Crippen molar-refractivity contribution in [2.24, 2.45) is 17.8 Å². The predicted octanol–water partition coefficient (Wildman–Crippen LogP) is 16.7. The molecular formula is C62H120O17P2.